The first-order valence-corrected chi connectivity index (χ1v) is 9.32. The number of aromatic nitrogens is 4. The van der Waals surface area contributed by atoms with Crippen molar-refractivity contribution in [3.05, 3.63) is 71.8 Å². The smallest absolute Gasteiger partial charge is 0.307 e. The molecule has 2 heterocycles. The van der Waals surface area contributed by atoms with Gasteiger partial charge in [-0.2, -0.15) is 5.10 Å². The molecular formula is C20H22N4O3. The van der Waals surface area contributed by atoms with E-state index in [-0.39, 0.29) is 23.6 Å². The van der Waals surface area contributed by atoms with Crippen molar-refractivity contribution in [3.63, 3.8) is 0 Å². The summed E-state index contributed by atoms with van der Waals surface area (Å²) in [4.78, 5) is 40.7. The van der Waals surface area contributed by atoms with Crippen molar-refractivity contribution in [2.24, 2.45) is 0 Å². The molecule has 3 aromatic rings. The maximum atomic E-state index is 13.0. The summed E-state index contributed by atoms with van der Waals surface area (Å²) in [6.07, 6.45) is 3.56. The number of aryl methyl sites for hydroxylation is 1. The minimum atomic E-state index is -0.509. The Morgan fingerprint density at radius 2 is 1.93 bits per heavy atom. The number of hydrogen-bond acceptors (Lipinski definition) is 4. The van der Waals surface area contributed by atoms with Gasteiger partial charge in [0.2, 0.25) is 0 Å². The molecule has 0 saturated heterocycles. The first-order valence-electron chi connectivity index (χ1n) is 9.32. The van der Waals surface area contributed by atoms with Crippen LogP contribution in [-0.2, 0) is 19.4 Å². The van der Waals surface area contributed by atoms with Gasteiger partial charge in [-0.25, -0.2) is 9.89 Å². The van der Waals surface area contributed by atoms with Gasteiger partial charge in [0.15, 0.2) is 0 Å². The zero-order valence-corrected chi connectivity index (χ0v) is 15.5. The topological polar surface area (TPSA) is 101 Å². The molecule has 1 aromatic carbocycles. The van der Waals surface area contributed by atoms with Crippen LogP contribution in [0.3, 0.4) is 0 Å². The van der Waals surface area contributed by atoms with Crippen molar-refractivity contribution in [1.29, 1.82) is 0 Å². The van der Waals surface area contributed by atoms with Crippen LogP contribution in [0.2, 0.25) is 0 Å². The molecule has 0 unspecified atom stereocenters. The highest BCUT2D eigenvalue weighted by molar-refractivity contribution is 5.78. The normalized spacial score (nSPS) is 13.9. The summed E-state index contributed by atoms with van der Waals surface area (Å²) in [5, 5.41) is 7.11. The van der Waals surface area contributed by atoms with Crippen molar-refractivity contribution >= 4 is 10.9 Å². The lowest BCUT2D eigenvalue weighted by atomic mass is 9.93. The molecule has 0 bridgehead atoms. The van der Waals surface area contributed by atoms with Crippen LogP contribution >= 0.6 is 0 Å². The average molecular weight is 366 g/mol. The van der Waals surface area contributed by atoms with E-state index in [4.69, 9.17) is 0 Å². The van der Waals surface area contributed by atoms with E-state index in [1.807, 2.05) is 26.0 Å². The Morgan fingerprint density at radius 3 is 2.70 bits per heavy atom. The molecule has 0 spiro atoms. The third kappa shape index (κ3) is 3.03. The highest BCUT2D eigenvalue weighted by Crippen LogP contribution is 2.21. The maximum absolute atomic E-state index is 13.0. The molecule has 27 heavy (non-hydrogen) atoms. The van der Waals surface area contributed by atoms with Gasteiger partial charge in [0.25, 0.3) is 11.1 Å². The van der Waals surface area contributed by atoms with Gasteiger partial charge in [0.1, 0.15) is 0 Å². The van der Waals surface area contributed by atoms with E-state index >= 15 is 0 Å². The minimum absolute atomic E-state index is 0.0454. The molecule has 7 heteroatoms. The first-order chi connectivity index (χ1) is 13.0. The summed E-state index contributed by atoms with van der Waals surface area (Å²) in [5.74, 6) is 0.268. The SMILES string of the molecule is CC(C)c1ccc2[nH]c(=O)n(Cc3c4c(n[nH]c3=O)CCCC4)c(=O)c2c1. The zero-order valence-electron chi connectivity index (χ0n) is 15.5. The van der Waals surface area contributed by atoms with E-state index in [9.17, 15) is 14.4 Å². The number of nitrogens with zero attached hydrogens (tertiary/aromatic N) is 2. The maximum Gasteiger partial charge on any atom is 0.329 e. The van der Waals surface area contributed by atoms with Crippen molar-refractivity contribution < 1.29 is 0 Å². The van der Waals surface area contributed by atoms with Gasteiger partial charge in [-0.15, -0.1) is 0 Å². The van der Waals surface area contributed by atoms with Crippen molar-refractivity contribution in [2.75, 3.05) is 0 Å². The van der Waals surface area contributed by atoms with Crippen molar-refractivity contribution in [1.82, 2.24) is 19.7 Å². The van der Waals surface area contributed by atoms with E-state index in [1.165, 1.54) is 0 Å². The Kier molecular flexibility index (Phi) is 4.30. The summed E-state index contributed by atoms with van der Waals surface area (Å²) in [7, 11) is 0. The number of H-pyrrole nitrogens is 2. The van der Waals surface area contributed by atoms with Crippen LogP contribution in [0, 0.1) is 0 Å². The average Bonchev–Trinajstić information content (AvgIpc) is 2.66. The molecule has 7 nitrogen and oxygen atoms in total. The summed E-state index contributed by atoms with van der Waals surface area (Å²) in [5.41, 5.74) is 2.52. The summed E-state index contributed by atoms with van der Waals surface area (Å²) >= 11 is 0. The highest BCUT2D eigenvalue weighted by Gasteiger charge is 2.19. The molecule has 2 aromatic heterocycles. The van der Waals surface area contributed by atoms with Gasteiger partial charge in [0.05, 0.1) is 23.1 Å². The van der Waals surface area contributed by atoms with Gasteiger partial charge in [-0.3, -0.25) is 14.2 Å². The second kappa shape index (κ2) is 6.64. The Balaban J connectivity index is 1.89. The lowest BCUT2D eigenvalue weighted by molar-refractivity contribution is 0.622. The largest absolute Gasteiger partial charge is 0.329 e. The zero-order chi connectivity index (χ0) is 19.1. The first kappa shape index (κ1) is 17.5. The monoisotopic (exact) mass is 366 g/mol. The van der Waals surface area contributed by atoms with E-state index in [1.54, 1.807) is 6.07 Å². The van der Waals surface area contributed by atoms with Gasteiger partial charge < -0.3 is 4.98 Å². The van der Waals surface area contributed by atoms with E-state index < -0.39 is 5.69 Å². The Bertz CT molecular complexity index is 1200. The Morgan fingerprint density at radius 1 is 1.15 bits per heavy atom. The fourth-order valence-electron chi connectivity index (χ4n) is 3.76. The molecule has 2 N–H and O–H groups in total. The molecule has 0 saturated carbocycles. The molecule has 1 aliphatic rings. The van der Waals surface area contributed by atoms with Gasteiger partial charge in [-0.05, 0) is 54.9 Å². The molecule has 0 radical (unpaired) electrons. The standard InChI is InChI=1S/C20H22N4O3/c1-11(2)12-7-8-16-14(9-12)19(26)24(20(27)21-16)10-15-13-5-3-4-6-17(13)22-23-18(15)25/h7-9,11H,3-6,10H2,1-2H3,(H,21,27)(H,23,25). The number of rotatable bonds is 3. The van der Waals surface area contributed by atoms with Gasteiger partial charge >= 0.3 is 5.69 Å². The molecule has 4 rings (SSSR count). The second-order valence-electron chi connectivity index (χ2n) is 7.44. The fourth-order valence-corrected chi connectivity index (χ4v) is 3.76. The summed E-state index contributed by atoms with van der Waals surface area (Å²) < 4.78 is 1.12. The van der Waals surface area contributed by atoms with Gasteiger partial charge in [-0.1, -0.05) is 19.9 Å². The number of nitrogens with one attached hydrogen (secondary N) is 2. The number of benzene rings is 1. The molecule has 140 valence electrons. The number of aromatic amines is 2. The van der Waals surface area contributed by atoms with Crippen LogP contribution in [-0.4, -0.2) is 19.7 Å². The molecule has 0 aliphatic heterocycles. The Hall–Kier alpha value is -2.96. The number of hydrogen-bond donors (Lipinski definition) is 2. The van der Waals surface area contributed by atoms with E-state index in [0.717, 1.165) is 47.1 Å². The molecule has 0 fully saturated rings. The summed E-state index contributed by atoms with van der Waals surface area (Å²) in [6.45, 7) is 4.05. The molecule has 1 aliphatic carbocycles. The molecule has 0 atom stereocenters. The minimum Gasteiger partial charge on any atom is -0.307 e. The van der Waals surface area contributed by atoms with E-state index in [0.29, 0.717) is 16.5 Å². The molecular weight excluding hydrogens is 344 g/mol. The predicted molar refractivity (Wildman–Crippen MR) is 104 cm³/mol. The number of fused-ring (bicyclic) bond motifs is 2. The van der Waals surface area contributed by atoms with Crippen LogP contribution in [0.5, 0.6) is 0 Å². The van der Waals surface area contributed by atoms with Gasteiger partial charge in [0, 0.05) is 5.56 Å². The van der Waals surface area contributed by atoms with Crippen LogP contribution in [0.4, 0.5) is 0 Å². The van der Waals surface area contributed by atoms with Crippen LogP contribution in [0.15, 0.2) is 32.6 Å². The lowest BCUT2D eigenvalue weighted by Crippen LogP contribution is -2.37. The van der Waals surface area contributed by atoms with Crippen molar-refractivity contribution in [3.8, 4) is 0 Å². The van der Waals surface area contributed by atoms with Crippen molar-refractivity contribution in [2.45, 2.75) is 52.0 Å². The quantitative estimate of drug-likeness (QED) is 0.738. The molecule has 0 amide bonds. The third-order valence-corrected chi connectivity index (χ3v) is 5.36. The Labute approximate surface area is 155 Å². The fraction of sp³-hybridized carbons (Fsp3) is 0.400. The van der Waals surface area contributed by atoms with Crippen LogP contribution < -0.4 is 16.8 Å². The van der Waals surface area contributed by atoms with Crippen LogP contribution in [0.25, 0.3) is 10.9 Å². The highest BCUT2D eigenvalue weighted by atomic mass is 16.2. The second-order valence-corrected chi connectivity index (χ2v) is 7.44. The summed E-state index contributed by atoms with van der Waals surface area (Å²) in [6, 6.07) is 5.50. The lowest BCUT2D eigenvalue weighted by Gasteiger charge is -2.17. The van der Waals surface area contributed by atoms with Crippen LogP contribution in [0.1, 0.15) is 55.0 Å². The third-order valence-electron chi connectivity index (χ3n) is 5.36. The van der Waals surface area contributed by atoms with E-state index in [2.05, 4.69) is 15.2 Å². The predicted octanol–water partition coefficient (Wildman–Crippen LogP) is 1.82.